The monoisotopic (exact) mass is 241 g/mol. The molecule has 0 radical (unpaired) electrons. The number of rotatable bonds is 5. The summed E-state index contributed by atoms with van der Waals surface area (Å²) in [5.74, 6) is -0.745. The summed E-state index contributed by atoms with van der Waals surface area (Å²) in [6, 6.07) is 2.30. The molecule has 0 amide bonds. The number of phenols is 1. The summed E-state index contributed by atoms with van der Waals surface area (Å²) >= 11 is 0. The zero-order valence-electron chi connectivity index (χ0n) is 9.64. The van der Waals surface area contributed by atoms with Crippen LogP contribution in [0.4, 0.5) is 0 Å². The molecule has 0 aromatic heterocycles. The zero-order chi connectivity index (χ0) is 13.0. The van der Waals surface area contributed by atoms with Gasteiger partial charge in [-0.2, -0.15) is 0 Å². The number of methoxy groups -OCH3 is 2. The van der Waals surface area contributed by atoms with Crippen LogP contribution >= 0.6 is 0 Å². The molecule has 0 saturated carbocycles. The average Bonchev–Trinajstić information content (AvgIpc) is 2.28. The zero-order valence-corrected chi connectivity index (χ0v) is 9.64. The summed E-state index contributed by atoms with van der Waals surface area (Å²) in [4.78, 5) is 10.6. The minimum atomic E-state index is -0.997. The van der Waals surface area contributed by atoms with E-state index in [1.54, 1.807) is 0 Å². The van der Waals surface area contributed by atoms with E-state index in [9.17, 15) is 9.90 Å². The summed E-state index contributed by atoms with van der Waals surface area (Å²) in [6.07, 6.45) is -0.211. The van der Waals surface area contributed by atoms with Crippen LogP contribution in [0.1, 0.15) is 18.0 Å². The minimum Gasteiger partial charge on any atom is -0.502 e. The second-order valence-electron chi connectivity index (χ2n) is 3.48. The SMILES string of the molecule is COc1cc([C@H](N)CC(=O)O)cc(OC)c1O. The van der Waals surface area contributed by atoms with Crippen molar-refractivity contribution in [3.05, 3.63) is 17.7 Å². The lowest BCUT2D eigenvalue weighted by molar-refractivity contribution is -0.137. The number of aliphatic carboxylic acids is 1. The Bertz CT molecular complexity index is 393. The number of carbonyl (C=O) groups is 1. The van der Waals surface area contributed by atoms with Gasteiger partial charge in [-0.25, -0.2) is 0 Å². The number of aromatic hydroxyl groups is 1. The molecular weight excluding hydrogens is 226 g/mol. The Morgan fingerprint density at radius 1 is 1.35 bits per heavy atom. The summed E-state index contributed by atoms with van der Waals surface area (Å²) in [5, 5.41) is 18.3. The van der Waals surface area contributed by atoms with Gasteiger partial charge in [0.15, 0.2) is 11.5 Å². The molecule has 0 aliphatic rings. The Balaban J connectivity index is 3.12. The normalized spacial score (nSPS) is 11.9. The smallest absolute Gasteiger partial charge is 0.305 e. The van der Waals surface area contributed by atoms with Crippen LogP contribution in [0.5, 0.6) is 17.2 Å². The standard InChI is InChI=1S/C11H15NO5/c1-16-8-3-6(7(12)5-10(13)14)4-9(17-2)11(8)15/h3-4,7,15H,5,12H2,1-2H3,(H,13,14)/t7-/m1/s1. The van der Waals surface area contributed by atoms with Crippen molar-refractivity contribution < 1.29 is 24.5 Å². The van der Waals surface area contributed by atoms with E-state index in [0.29, 0.717) is 5.56 Å². The number of carboxylic acids is 1. The third-order valence-corrected chi connectivity index (χ3v) is 2.32. The van der Waals surface area contributed by atoms with E-state index < -0.39 is 12.0 Å². The van der Waals surface area contributed by atoms with Gasteiger partial charge in [-0.05, 0) is 17.7 Å². The quantitative estimate of drug-likeness (QED) is 0.707. The molecule has 17 heavy (non-hydrogen) atoms. The van der Waals surface area contributed by atoms with Crippen LogP contribution in [0, 0.1) is 0 Å². The van der Waals surface area contributed by atoms with E-state index in [0.717, 1.165) is 0 Å². The van der Waals surface area contributed by atoms with E-state index >= 15 is 0 Å². The van der Waals surface area contributed by atoms with Crippen molar-refractivity contribution in [1.29, 1.82) is 0 Å². The number of hydrogen-bond acceptors (Lipinski definition) is 5. The van der Waals surface area contributed by atoms with Gasteiger partial charge >= 0.3 is 5.97 Å². The highest BCUT2D eigenvalue weighted by molar-refractivity contribution is 5.68. The van der Waals surface area contributed by atoms with Gasteiger partial charge in [-0.3, -0.25) is 4.79 Å². The topological polar surface area (TPSA) is 102 Å². The van der Waals surface area contributed by atoms with Crippen LogP contribution in [0.3, 0.4) is 0 Å². The molecule has 0 bridgehead atoms. The van der Waals surface area contributed by atoms with Gasteiger partial charge in [0.2, 0.25) is 5.75 Å². The maximum absolute atomic E-state index is 10.6. The lowest BCUT2D eigenvalue weighted by Crippen LogP contribution is -2.15. The Hall–Kier alpha value is -1.95. The van der Waals surface area contributed by atoms with Crippen molar-refractivity contribution in [3.8, 4) is 17.2 Å². The molecule has 1 atom stereocenters. The highest BCUT2D eigenvalue weighted by Crippen LogP contribution is 2.38. The molecular formula is C11H15NO5. The summed E-state index contributed by atoms with van der Waals surface area (Å²) in [7, 11) is 2.78. The molecule has 0 aliphatic carbocycles. The molecule has 1 aromatic carbocycles. The number of nitrogens with two attached hydrogens (primary N) is 1. The molecule has 0 spiro atoms. The van der Waals surface area contributed by atoms with E-state index in [-0.39, 0.29) is 23.7 Å². The van der Waals surface area contributed by atoms with E-state index in [1.807, 2.05) is 0 Å². The maximum Gasteiger partial charge on any atom is 0.305 e. The third-order valence-electron chi connectivity index (χ3n) is 2.32. The largest absolute Gasteiger partial charge is 0.502 e. The van der Waals surface area contributed by atoms with Gasteiger partial charge < -0.3 is 25.4 Å². The lowest BCUT2D eigenvalue weighted by Gasteiger charge is -2.14. The molecule has 0 unspecified atom stereocenters. The van der Waals surface area contributed by atoms with Crippen molar-refractivity contribution in [2.24, 2.45) is 5.73 Å². The van der Waals surface area contributed by atoms with Crippen LogP contribution in [0.15, 0.2) is 12.1 Å². The van der Waals surface area contributed by atoms with Crippen molar-refractivity contribution in [2.45, 2.75) is 12.5 Å². The fraction of sp³-hybridized carbons (Fsp3) is 0.364. The summed E-state index contributed by atoms with van der Waals surface area (Å²) in [6.45, 7) is 0. The van der Waals surface area contributed by atoms with Crippen molar-refractivity contribution >= 4 is 5.97 Å². The van der Waals surface area contributed by atoms with Gasteiger partial charge in [0, 0.05) is 6.04 Å². The molecule has 1 rings (SSSR count). The lowest BCUT2D eigenvalue weighted by atomic mass is 10.0. The Kier molecular flexibility index (Phi) is 4.17. The first kappa shape index (κ1) is 13.1. The fourth-order valence-corrected chi connectivity index (χ4v) is 1.43. The first-order valence-electron chi connectivity index (χ1n) is 4.91. The van der Waals surface area contributed by atoms with Crippen LogP contribution in [0.25, 0.3) is 0 Å². The molecule has 4 N–H and O–H groups in total. The minimum absolute atomic E-state index is 0.138. The van der Waals surface area contributed by atoms with Crippen molar-refractivity contribution in [3.63, 3.8) is 0 Å². The predicted octanol–water partition coefficient (Wildman–Crippen LogP) is 0.884. The van der Waals surface area contributed by atoms with Gasteiger partial charge in [0.05, 0.1) is 20.6 Å². The van der Waals surface area contributed by atoms with Crippen molar-refractivity contribution in [2.75, 3.05) is 14.2 Å². The van der Waals surface area contributed by atoms with E-state index in [4.69, 9.17) is 20.3 Å². The van der Waals surface area contributed by atoms with Crippen LogP contribution < -0.4 is 15.2 Å². The fourth-order valence-electron chi connectivity index (χ4n) is 1.43. The van der Waals surface area contributed by atoms with E-state index in [2.05, 4.69) is 0 Å². The highest BCUT2D eigenvalue weighted by Gasteiger charge is 2.17. The van der Waals surface area contributed by atoms with Crippen LogP contribution in [0.2, 0.25) is 0 Å². The molecule has 6 heteroatoms. The molecule has 94 valence electrons. The van der Waals surface area contributed by atoms with E-state index in [1.165, 1.54) is 26.4 Å². The summed E-state index contributed by atoms with van der Waals surface area (Å²) in [5.41, 5.74) is 6.25. The molecule has 6 nitrogen and oxygen atoms in total. The number of ether oxygens (including phenoxy) is 2. The molecule has 0 aliphatic heterocycles. The third kappa shape index (κ3) is 3.01. The second kappa shape index (κ2) is 5.40. The molecule has 1 aromatic rings. The number of benzene rings is 1. The van der Waals surface area contributed by atoms with Crippen LogP contribution in [-0.2, 0) is 4.79 Å². The van der Waals surface area contributed by atoms with Gasteiger partial charge in [0.1, 0.15) is 0 Å². The molecule has 0 fully saturated rings. The summed E-state index contributed by atoms with van der Waals surface area (Å²) < 4.78 is 9.90. The molecule has 0 heterocycles. The Morgan fingerprint density at radius 3 is 2.18 bits per heavy atom. The highest BCUT2D eigenvalue weighted by atomic mass is 16.5. The van der Waals surface area contributed by atoms with Gasteiger partial charge in [0.25, 0.3) is 0 Å². The first-order chi connectivity index (χ1) is 7.99. The number of hydrogen-bond donors (Lipinski definition) is 3. The second-order valence-corrected chi connectivity index (χ2v) is 3.48. The van der Waals surface area contributed by atoms with Gasteiger partial charge in [-0.1, -0.05) is 0 Å². The van der Waals surface area contributed by atoms with Crippen LogP contribution in [-0.4, -0.2) is 30.4 Å². The Labute approximate surface area is 98.6 Å². The van der Waals surface area contributed by atoms with Crippen molar-refractivity contribution in [1.82, 2.24) is 0 Å². The number of carboxylic acid groups (broad SMARTS) is 1. The number of phenolic OH excluding ortho intramolecular Hbond substituents is 1. The Morgan fingerprint density at radius 2 is 1.82 bits per heavy atom. The predicted molar refractivity (Wildman–Crippen MR) is 60.4 cm³/mol. The average molecular weight is 241 g/mol. The van der Waals surface area contributed by atoms with Gasteiger partial charge in [-0.15, -0.1) is 0 Å². The maximum atomic E-state index is 10.6. The first-order valence-corrected chi connectivity index (χ1v) is 4.91. The molecule has 0 saturated heterocycles.